The molecule has 2 aromatic rings. The number of hydrogen-bond acceptors (Lipinski definition) is 8. The summed E-state index contributed by atoms with van der Waals surface area (Å²) < 4.78 is 35.7. The highest BCUT2D eigenvalue weighted by atomic mass is 32.2. The molecule has 3 amide bonds. The fourth-order valence-corrected chi connectivity index (χ4v) is 8.16. The van der Waals surface area contributed by atoms with Gasteiger partial charge in [0.25, 0.3) is 11.9 Å². The Balaban J connectivity index is 1.29. The standard InChI is InChI=1S/C33H46N6O6S/c1-20(2)39-25-14-10-13-24(34)27(25)35-31(39)45-23-17-26-28(40)36-33(30(42)37-46(43,44)32(4)15-16-32)18-22(33)12-9-7-5-6-8-11-21(3)29(41)38(26)19-23/h9-10,12-14,20-23,26H,5-8,11,15-19,34H2,1-4H3,(H,36,40)(H,37,42)/b12-9-/t21-,22-,23+,26-,33+/m0/s1. The van der Waals surface area contributed by atoms with Crippen molar-refractivity contribution in [2.24, 2.45) is 11.8 Å². The lowest BCUT2D eigenvalue weighted by molar-refractivity contribution is -0.142. The van der Waals surface area contributed by atoms with E-state index in [0.717, 1.165) is 31.2 Å². The van der Waals surface area contributed by atoms with Gasteiger partial charge in [0.15, 0.2) is 0 Å². The first-order valence-corrected chi connectivity index (χ1v) is 18.0. The summed E-state index contributed by atoms with van der Waals surface area (Å²) in [5.74, 6) is -2.02. The van der Waals surface area contributed by atoms with Gasteiger partial charge in [0, 0.05) is 24.3 Å². The molecule has 0 spiro atoms. The van der Waals surface area contributed by atoms with Crippen LogP contribution in [0.2, 0.25) is 0 Å². The maximum Gasteiger partial charge on any atom is 0.298 e. The molecule has 0 unspecified atom stereocenters. The van der Waals surface area contributed by atoms with Crippen molar-refractivity contribution >= 4 is 44.5 Å². The van der Waals surface area contributed by atoms with Crippen LogP contribution in [-0.2, 0) is 24.4 Å². The van der Waals surface area contributed by atoms with Crippen LogP contribution in [0.3, 0.4) is 0 Å². The second kappa shape index (κ2) is 11.9. The fraction of sp³-hybridized carbons (Fsp3) is 0.636. The van der Waals surface area contributed by atoms with Gasteiger partial charge < -0.3 is 20.7 Å². The molecule has 3 fully saturated rings. The first kappa shape index (κ1) is 32.3. The number of fused-ring (bicyclic) bond motifs is 3. The van der Waals surface area contributed by atoms with E-state index in [1.807, 2.05) is 49.6 Å². The van der Waals surface area contributed by atoms with Gasteiger partial charge in [-0.05, 0) is 71.4 Å². The van der Waals surface area contributed by atoms with Crippen molar-refractivity contribution in [1.82, 2.24) is 24.5 Å². The molecule has 3 heterocycles. The van der Waals surface area contributed by atoms with E-state index < -0.39 is 44.3 Å². The second-order valence-electron chi connectivity index (χ2n) is 14.2. The molecular weight excluding hydrogens is 608 g/mol. The van der Waals surface area contributed by atoms with Gasteiger partial charge in [-0.15, -0.1) is 0 Å². The van der Waals surface area contributed by atoms with E-state index in [4.69, 9.17) is 15.5 Å². The minimum atomic E-state index is -3.91. The van der Waals surface area contributed by atoms with Crippen LogP contribution in [0.15, 0.2) is 30.4 Å². The van der Waals surface area contributed by atoms with Gasteiger partial charge >= 0.3 is 0 Å². The number of nitrogens with two attached hydrogens (primary N) is 1. The highest BCUT2D eigenvalue weighted by Crippen LogP contribution is 2.47. The third kappa shape index (κ3) is 5.86. The number of nitrogens with zero attached hydrogens (tertiary/aromatic N) is 3. The van der Waals surface area contributed by atoms with E-state index >= 15 is 0 Å². The number of allylic oxidation sites excluding steroid dienone is 1. The molecule has 4 N–H and O–H groups in total. The maximum absolute atomic E-state index is 14.1. The number of ether oxygens (including phenoxy) is 1. The quantitative estimate of drug-likeness (QED) is 0.314. The molecule has 1 aromatic carbocycles. The molecule has 12 nitrogen and oxygen atoms in total. The number of imidazole rings is 1. The van der Waals surface area contributed by atoms with Crippen molar-refractivity contribution in [3.63, 3.8) is 0 Å². The highest BCUT2D eigenvalue weighted by molar-refractivity contribution is 7.91. The van der Waals surface area contributed by atoms with Gasteiger partial charge in [-0.2, -0.15) is 4.98 Å². The number of carbonyl (C=O) groups excluding carboxylic acids is 3. The number of amides is 3. The zero-order valence-electron chi connectivity index (χ0n) is 27.1. The molecule has 5 atom stereocenters. The topological polar surface area (TPSA) is 166 Å². The number of sulfonamides is 1. The van der Waals surface area contributed by atoms with Crippen molar-refractivity contribution in [2.45, 2.75) is 114 Å². The van der Waals surface area contributed by atoms with Crippen LogP contribution in [-0.4, -0.2) is 69.6 Å². The number of carbonyl (C=O) groups is 3. The largest absolute Gasteiger partial charge is 0.459 e. The number of hydrogen-bond donors (Lipinski definition) is 3. The Kier molecular flexibility index (Phi) is 8.35. The molecule has 1 aromatic heterocycles. The summed E-state index contributed by atoms with van der Waals surface area (Å²) in [7, 11) is -3.91. The van der Waals surface area contributed by atoms with Gasteiger partial charge in [0.2, 0.25) is 21.8 Å². The summed E-state index contributed by atoms with van der Waals surface area (Å²) >= 11 is 0. The molecule has 0 radical (unpaired) electrons. The Labute approximate surface area is 270 Å². The second-order valence-corrected chi connectivity index (χ2v) is 16.4. The molecule has 2 aliphatic carbocycles. The lowest BCUT2D eigenvalue weighted by Crippen LogP contribution is -2.57. The number of nitrogen functional groups attached to an aromatic ring is 1. The third-order valence-corrected chi connectivity index (χ3v) is 12.4. The summed E-state index contributed by atoms with van der Waals surface area (Å²) in [5.41, 5.74) is 6.79. The summed E-state index contributed by atoms with van der Waals surface area (Å²) in [4.78, 5) is 47.9. The number of para-hydroxylation sites is 1. The lowest BCUT2D eigenvalue weighted by Gasteiger charge is -2.28. The zero-order valence-corrected chi connectivity index (χ0v) is 27.9. The van der Waals surface area contributed by atoms with Crippen molar-refractivity contribution in [2.75, 3.05) is 12.3 Å². The smallest absolute Gasteiger partial charge is 0.298 e. The molecule has 250 valence electrons. The molecule has 4 aliphatic rings. The predicted octanol–water partition coefficient (Wildman–Crippen LogP) is 3.58. The molecule has 2 aliphatic heterocycles. The van der Waals surface area contributed by atoms with Crippen molar-refractivity contribution in [3.8, 4) is 6.01 Å². The normalized spacial score (nSPS) is 30.5. The summed E-state index contributed by atoms with van der Waals surface area (Å²) in [6, 6.07) is 5.03. The first-order chi connectivity index (χ1) is 21.8. The molecule has 6 rings (SSSR count). The Bertz CT molecular complexity index is 1680. The molecule has 1 saturated heterocycles. The summed E-state index contributed by atoms with van der Waals surface area (Å²) in [6.45, 7) is 7.71. The van der Waals surface area contributed by atoms with Crippen molar-refractivity contribution in [3.05, 3.63) is 30.4 Å². The summed E-state index contributed by atoms with van der Waals surface area (Å²) in [6.07, 6.45) is 9.10. The molecule has 13 heteroatoms. The fourth-order valence-electron chi connectivity index (χ4n) is 6.85. The number of aromatic nitrogens is 2. The third-order valence-electron chi connectivity index (χ3n) is 10.2. The Morgan fingerprint density at radius 1 is 1.20 bits per heavy atom. The Morgan fingerprint density at radius 2 is 1.96 bits per heavy atom. The average molecular weight is 655 g/mol. The van der Waals surface area contributed by atoms with Crippen LogP contribution in [0.4, 0.5) is 5.69 Å². The monoisotopic (exact) mass is 654 g/mol. The van der Waals surface area contributed by atoms with Crippen LogP contribution in [0.1, 0.15) is 91.5 Å². The zero-order chi connectivity index (χ0) is 33.0. The molecule has 46 heavy (non-hydrogen) atoms. The lowest BCUT2D eigenvalue weighted by atomic mass is 10.0. The van der Waals surface area contributed by atoms with E-state index in [0.29, 0.717) is 36.5 Å². The number of anilines is 1. The summed E-state index contributed by atoms with van der Waals surface area (Å²) in [5, 5.41) is 2.93. The van der Waals surface area contributed by atoms with E-state index in [1.54, 1.807) is 17.9 Å². The van der Waals surface area contributed by atoms with E-state index in [9.17, 15) is 22.8 Å². The van der Waals surface area contributed by atoms with Crippen molar-refractivity contribution < 1.29 is 27.5 Å². The predicted molar refractivity (Wildman–Crippen MR) is 174 cm³/mol. The number of rotatable bonds is 6. The van der Waals surface area contributed by atoms with Crippen LogP contribution in [0, 0.1) is 11.8 Å². The van der Waals surface area contributed by atoms with Crippen LogP contribution in [0.5, 0.6) is 6.01 Å². The van der Waals surface area contributed by atoms with E-state index in [1.165, 1.54) is 0 Å². The van der Waals surface area contributed by atoms with Gasteiger partial charge in [0.05, 0.1) is 22.5 Å². The van der Waals surface area contributed by atoms with Gasteiger partial charge in [-0.3, -0.25) is 23.7 Å². The van der Waals surface area contributed by atoms with E-state index in [-0.39, 0.29) is 43.2 Å². The van der Waals surface area contributed by atoms with Crippen molar-refractivity contribution in [1.29, 1.82) is 0 Å². The minimum Gasteiger partial charge on any atom is -0.459 e. The highest BCUT2D eigenvalue weighted by Gasteiger charge is 2.63. The van der Waals surface area contributed by atoms with Crippen LogP contribution < -0.4 is 20.5 Å². The van der Waals surface area contributed by atoms with Gasteiger partial charge in [-0.25, -0.2) is 8.42 Å². The van der Waals surface area contributed by atoms with Gasteiger partial charge in [0.1, 0.15) is 23.2 Å². The maximum atomic E-state index is 14.1. The SMILES string of the molecule is CC(C)n1c(O[C@@H]2C[C@H]3C(=O)N[C@]4(C(=O)NS(=O)(=O)C5(C)CC5)C[C@@H]4/C=C\CCCCC[C@H](C)C(=O)N3C2)nc2c(N)cccc21. The number of benzene rings is 1. The van der Waals surface area contributed by atoms with Gasteiger partial charge in [-0.1, -0.05) is 38.0 Å². The molecule has 2 saturated carbocycles. The van der Waals surface area contributed by atoms with E-state index in [2.05, 4.69) is 10.0 Å². The molecule has 0 bridgehead atoms. The van der Waals surface area contributed by atoms with Crippen LogP contribution >= 0.6 is 0 Å². The first-order valence-electron chi connectivity index (χ1n) is 16.6. The average Bonchev–Trinajstić information content (AvgIpc) is 3.81. The Morgan fingerprint density at radius 3 is 2.67 bits per heavy atom. The van der Waals surface area contributed by atoms with Crippen LogP contribution in [0.25, 0.3) is 11.0 Å². The number of nitrogens with one attached hydrogen (secondary N) is 2. The Hall–Kier alpha value is -3.61. The minimum absolute atomic E-state index is 0.00557. The molecular formula is C33H46N6O6S.